The van der Waals surface area contributed by atoms with Gasteiger partial charge in [-0.05, 0) is 19.9 Å². The van der Waals surface area contributed by atoms with Gasteiger partial charge in [0.1, 0.15) is 11.6 Å². The van der Waals surface area contributed by atoms with Crippen molar-refractivity contribution >= 4 is 22.4 Å². The van der Waals surface area contributed by atoms with Crippen LogP contribution in [0.25, 0.3) is 11.0 Å². The summed E-state index contributed by atoms with van der Waals surface area (Å²) in [5.41, 5.74) is 6.58. The zero-order valence-electron chi connectivity index (χ0n) is 8.43. The van der Waals surface area contributed by atoms with E-state index in [1.807, 2.05) is 0 Å². The molecule has 0 spiro atoms. The SMILES string of the molecule is CC(=O)c1c(C)oc2c(N)cc(F)cc12. The minimum atomic E-state index is -0.469. The molecule has 0 saturated carbocycles. The summed E-state index contributed by atoms with van der Waals surface area (Å²) in [4.78, 5) is 11.3. The van der Waals surface area contributed by atoms with Crippen molar-refractivity contribution in [1.29, 1.82) is 0 Å². The highest BCUT2D eigenvalue weighted by Gasteiger charge is 2.17. The molecule has 0 unspecified atom stereocenters. The Bertz CT molecular complexity index is 557. The molecule has 0 atom stereocenters. The second-order valence-corrected chi connectivity index (χ2v) is 3.46. The van der Waals surface area contributed by atoms with E-state index in [4.69, 9.17) is 10.2 Å². The molecule has 2 rings (SSSR count). The maximum atomic E-state index is 13.1. The van der Waals surface area contributed by atoms with Crippen LogP contribution in [0.3, 0.4) is 0 Å². The molecule has 0 aliphatic heterocycles. The van der Waals surface area contributed by atoms with Gasteiger partial charge in [0, 0.05) is 11.5 Å². The smallest absolute Gasteiger partial charge is 0.163 e. The minimum absolute atomic E-state index is 0.156. The lowest BCUT2D eigenvalue weighted by atomic mass is 10.1. The first-order valence-corrected chi connectivity index (χ1v) is 4.49. The molecule has 0 amide bonds. The predicted molar refractivity (Wildman–Crippen MR) is 55.3 cm³/mol. The van der Waals surface area contributed by atoms with Crippen LogP contribution in [-0.4, -0.2) is 5.78 Å². The van der Waals surface area contributed by atoms with Crippen molar-refractivity contribution in [3.63, 3.8) is 0 Å². The van der Waals surface area contributed by atoms with E-state index in [9.17, 15) is 9.18 Å². The molecule has 0 bridgehead atoms. The summed E-state index contributed by atoms with van der Waals surface area (Å²) in [7, 11) is 0. The Morgan fingerprint density at radius 1 is 1.47 bits per heavy atom. The molecule has 2 N–H and O–H groups in total. The number of anilines is 1. The fourth-order valence-corrected chi connectivity index (χ4v) is 1.75. The molecule has 2 aromatic rings. The first kappa shape index (κ1) is 9.71. The van der Waals surface area contributed by atoms with Crippen molar-refractivity contribution in [2.45, 2.75) is 13.8 Å². The number of hydrogen-bond acceptors (Lipinski definition) is 3. The molecule has 0 fully saturated rings. The number of carbonyl (C=O) groups excluding carboxylic acids is 1. The van der Waals surface area contributed by atoms with E-state index in [-0.39, 0.29) is 11.5 Å². The number of Topliss-reactive ketones (excluding diaryl/α,β-unsaturated/α-hetero) is 1. The van der Waals surface area contributed by atoms with Crippen LogP contribution < -0.4 is 5.73 Å². The van der Waals surface area contributed by atoms with Crippen molar-refractivity contribution in [1.82, 2.24) is 0 Å². The van der Waals surface area contributed by atoms with Crippen LogP contribution in [0.5, 0.6) is 0 Å². The van der Waals surface area contributed by atoms with E-state index < -0.39 is 5.82 Å². The lowest BCUT2D eigenvalue weighted by molar-refractivity contribution is 0.101. The van der Waals surface area contributed by atoms with E-state index >= 15 is 0 Å². The fraction of sp³-hybridized carbons (Fsp3) is 0.182. The lowest BCUT2D eigenvalue weighted by Gasteiger charge is -1.96. The second kappa shape index (κ2) is 3.08. The van der Waals surface area contributed by atoms with Gasteiger partial charge in [-0.15, -0.1) is 0 Å². The Hall–Kier alpha value is -1.84. The number of hydrogen-bond donors (Lipinski definition) is 1. The van der Waals surface area contributed by atoms with Gasteiger partial charge < -0.3 is 10.2 Å². The van der Waals surface area contributed by atoms with Crippen LogP contribution in [0, 0.1) is 12.7 Å². The number of nitrogens with two attached hydrogens (primary N) is 1. The van der Waals surface area contributed by atoms with Crippen molar-refractivity contribution in [3.8, 4) is 0 Å². The van der Waals surface area contributed by atoms with Crippen molar-refractivity contribution in [2.75, 3.05) is 5.73 Å². The van der Waals surface area contributed by atoms with Crippen LogP contribution in [-0.2, 0) is 0 Å². The number of carbonyl (C=O) groups is 1. The number of furan rings is 1. The number of aryl methyl sites for hydroxylation is 1. The lowest BCUT2D eigenvalue weighted by Crippen LogP contribution is -1.93. The molecule has 1 aromatic carbocycles. The van der Waals surface area contributed by atoms with E-state index in [0.717, 1.165) is 0 Å². The molecule has 0 radical (unpaired) electrons. The third-order valence-corrected chi connectivity index (χ3v) is 2.31. The highest BCUT2D eigenvalue weighted by Crippen LogP contribution is 2.30. The van der Waals surface area contributed by atoms with E-state index in [2.05, 4.69) is 0 Å². The Labute approximate surface area is 85.7 Å². The Kier molecular flexibility index (Phi) is 2.00. The highest BCUT2D eigenvalue weighted by molar-refractivity contribution is 6.09. The summed E-state index contributed by atoms with van der Waals surface area (Å²) >= 11 is 0. The number of ketones is 1. The van der Waals surface area contributed by atoms with Gasteiger partial charge >= 0.3 is 0 Å². The monoisotopic (exact) mass is 207 g/mol. The fourth-order valence-electron chi connectivity index (χ4n) is 1.75. The Morgan fingerprint density at radius 2 is 2.13 bits per heavy atom. The molecular weight excluding hydrogens is 197 g/mol. The van der Waals surface area contributed by atoms with Crippen molar-refractivity contribution in [3.05, 3.63) is 29.3 Å². The number of rotatable bonds is 1. The van der Waals surface area contributed by atoms with Gasteiger partial charge in [0.25, 0.3) is 0 Å². The number of halogens is 1. The first-order valence-electron chi connectivity index (χ1n) is 4.49. The molecule has 78 valence electrons. The summed E-state index contributed by atoms with van der Waals surface area (Å²) in [5.74, 6) is -0.158. The second-order valence-electron chi connectivity index (χ2n) is 3.46. The normalized spacial score (nSPS) is 10.9. The standard InChI is InChI=1S/C11H10FNO2/c1-5(14)10-6(2)15-11-8(10)3-7(12)4-9(11)13/h3-4H,13H2,1-2H3. The summed E-state index contributed by atoms with van der Waals surface area (Å²) in [6.45, 7) is 3.08. The van der Waals surface area contributed by atoms with Crippen molar-refractivity contribution < 1.29 is 13.6 Å². The Balaban J connectivity index is 2.93. The summed E-state index contributed by atoms with van der Waals surface area (Å²) in [5, 5.41) is 0.442. The average molecular weight is 207 g/mol. The van der Waals surface area contributed by atoms with Gasteiger partial charge in [0.2, 0.25) is 0 Å². The predicted octanol–water partition coefficient (Wildman–Crippen LogP) is 2.67. The Morgan fingerprint density at radius 3 is 2.73 bits per heavy atom. The van der Waals surface area contributed by atoms with Gasteiger partial charge in [-0.2, -0.15) is 0 Å². The number of nitrogen functional groups attached to an aromatic ring is 1. The molecule has 15 heavy (non-hydrogen) atoms. The van der Waals surface area contributed by atoms with Gasteiger partial charge in [-0.1, -0.05) is 0 Å². The van der Waals surface area contributed by atoms with Gasteiger partial charge in [0.15, 0.2) is 11.4 Å². The van der Waals surface area contributed by atoms with E-state index in [1.54, 1.807) is 6.92 Å². The van der Waals surface area contributed by atoms with Gasteiger partial charge in [-0.3, -0.25) is 4.79 Å². The molecular formula is C11H10FNO2. The maximum Gasteiger partial charge on any atom is 0.163 e. The van der Waals surface area contributed by atoms with Crippen LogP contribution in [0.15, 0.2) is 16.5 Å². The van der Waals surface area contributed by atoms with Crippen LogP contribution in [0.4, 0.5) is 10.1 Å². The highest BCUT2D eigenvalue weighted by atomic mass is 19.1. The zero-order chi connectivity index (χ0) is 11.2. The molecule has 1 aromatic heterocycles. The molecule has 3 nitrogen and oxygen atoms in total. The summed E-state index contributed by atoms with van der Waals surface area (Å²) in [6.07, 6.45) is 0. The third kappa shape index (κ3) is 1.38. The first-order chi connectivity index (χ1) is 7.00. The quantitative estimate of drug-likeness (QED) is 0.577. The van der Waals surface area contributed by atoms with E-state index in [1.165, 1.54) is 19.1 Å². The zero-order valence-corrected chi connectivity index (χ0v) is 8.43. The van der Waals surface area contributed by atoms with Gasteiger partial charge in [-0.25, -0.2) is 4.39 Å². The molecule has 0 aliphatic carbocycles. The third-order valence-electron chi connectivity index (χ3n) is 2.31. The summed E-state index contributed by atoms with van der Waals surface area (Å²) < 4.78 is 18.5. The molecule has 4 heteroatoms. The van der Waals surface area contributed by atoms with Crippen LogP contribution >= 0.6 is 0 Å². The number of benzene rings is 1. The molecule has 1 heterocycles. The largest absolute Gasteiger partial charge is 0.458 e. The van der Waals surface area contributed by atoms with Crippen molar-refractivity contribution in [2.24, 2.45) is 0 Å². The number of fused-ring (bicyclic) bond motifs is 1. The topological polar surface area (TPSA) is 56.2 Å². The van der Waals surface area contributed by atoms with E-state index in [0.29, 0.717) is 22.3 Å². The minimum Gasteiger partial charge on any atom is -0.458 e. The maximum absolute atomic E-state index is 13.1. The average Bonchev–Trinajstić information content (AvgIpc) is 2.41. The molecule has 0 saturated heterocycles. The summed E-state index contributed by atoms with van der Waals surface area (Å²) in [6, 6.07) is 2.44. The van der Waals surface area contributed by atoms with Crippen LogP contribution in [0.2, 0.25) is 0 Å². The molecule has 0 aliphatic rings. The van der Waals surface area contributed by atoms with Gasteiger partial charge in [0.05, 0.1) is 11.3 Å². The van der Waals surface area contributed by atoms with Crippen LogP contribution in [0.1, 0.15) is 23.0 Å².